The lowest BCUT2D eigenvalue weighted by atomic mass is 9.85. The first-order valence-corrected chi connectivity index (χ1v) is 11.0. The molecule has 1 heterocycles. The van der Waals surface area contributed by atoms with Gasteiger partial charge in [-0.2, -0.15) is 5.01 Å². The Bertz CT molecular complexity index is 1230. The average Bonchev–Trinajstić information content (AvgIpc) is 3.51. The molecule has 2 aromatic carbocycles. The smallest absolute Gasteiger partial charge is 0.273 e. The van der Waals surface area contributed by atoms with Crippen molar-refractivity contribution in [2.75, 3.05) is 6.54 Å². The third-order valence-electron chi connectivity index (χ3n) is 6.71. The number of imide groups is 1. The zero-order chi connectivity index (χ0) is 24.1. The van der Waals surface area contributed by atoms with Crippen molar-refractivity contribution in [1.82, 2.24) is 10.0 Å². The van der Waals surface area contributed by atoms with Gasteiger partial charge in [-0.05, 0) is 54.7 Å². The monoisotopic (exact) mass is 479 g/mol. The van der Waals surface area contributed by atoms with Crippen molar-refractivity contribution in [2.45, 2.75) is 6.42 Å². The summed E-state index contributed by atoms with van der Waals surface area (Å²) in [7, 11) is 0. The van der Waals surface area contributed by atoms with Crippen LogP contribution in [0.15, 0.2) is 60.7 Å². The maximum Gasteiger partial charge on any atom is 0.273 e. The molecule has 0 spiro atoms. The van der Waals surface area contributed by atoms with Crippen molar-refractivity contribution in [3.63, 3.8) is 0 Å². The zero-order valence-corrected chi connectivity index (χ0v) is 18.4. The number of hydrogen-bond acceptors (Lipinski definition) is 6. The molecule has 2 aromatic rings. The van der Waals surface area contributed by atoms with Crippen LogP contribution >= 0.6 is 11.6 Å². The molecule has 1 saturated carbocycles. The lowest BCUT2D eigenvalue weighted by molar-refractivity contribution is -0.384. The lowest BCUT2D eigenvalue weighted by Crippen LogP contribution is -2.52. The second-order valence-electron chi connectivity index (χ2n) is 8.59. The van der Waals surface area contributed by atoms with E-state index in [1.807, 2.05) is 12.2 Å². The highest BCUT2D eigenvalue weighted by Gasteiger charge is 2.61. The maximum absolute atomic E-state index is 13.4. The summed E-state index contributed by atoms with van der Waals surface area (Å²) in [5, 5.41) is 13.1. The van der Waals surface area contributed by atoms with E-state index in [0.717, 1.165) is 28.6 Å². The summed E-state index contributed by atoms with van der Waals surface area (Å²) >= 11 is 5.89. The number of amides is 3. The largest absolute Gasteiger partial charge is 0.292 e. The van der Waals surface area contributed by atoms with Crippen LogP contribution in [-0.4, -0.2) is 45.0 Å². The highest BCUT2D eigenvalue weighted by Crippen LogP contribution is 2.52. The van der Waals surface area contributed by atoms with Crippen LogP contribution in [-0.2, 0) is 9.59 Å². The molecule has 1 saturated heterocycles. The number of nitrogens with zero attached hydrogens (tertiary/aromatic N) is 3. The number of hydrogen-bond donors (Lipinski definition) is 0. The van der Waals surface area contributed by atoms with Crippen LogP contribution in [0.25, 0.3) is 0 Å². The van der Waals surface area contributed by atoms with Gasteiger partial charge in [-0.15, -0.1) is 0 Å². The molecule has 2 fully saturated rings. The van der Waals surface area contributed by atoms with Crippen molar-refractivity contribution < 1.29 is 24.1 Å². The minimum Gasteiger partial charge on any atom is -0.292 e. The number of allylic oxidation sites excluding steroid dienone is 2. The second kappa shape index (κ2) is 8.18. The minimum absolute atomic E-state index is 0.00765. The molecular weight excluding hydrogens is 462 g/mol. The summed E-state index contributed by atoms with van der Waals surface area (Å²) in [6, 6.07) is 10.8. The van der Waals surface area contributed by atoms with E-state index in [1.165, 1.54) is 36.4 Å². The number of fused-ring (bicyclic) bond motifs is 5. The number of rotatable bonds is 6. The molecule has 2 aliphatic carbocycles. The third kappa shape index (κ3) is 3.49. The Morgan fingerprint density at radius 2 is 1.47 bits per heavy atom. The van der Waals surface area contributed by atoms with Crippen LogP contribution in [0, 0.1) is 33.8 Å². The highest BCUT2D eigenvalue weighted by atomic mass is 35.5. The Balaban J connectivity index is 1.49. The lowest BCUT2D eigenvalue weighted by Gasteiger charge is -2.30. The fraction of sp³-hybridized carbons (Fsp3) is 0.250. The van der Waals surface area contributed by atoms with Gasteiger partial charge in [0.1, 0.15) is 6.54 Å². The third-order valence-corrected chi connectivity index (χ3v) is 6.96. The molecule has 3 amide bonds. The molecule has 9 nitrogen and oxygen atoms in total. The number of halogens is 1. The maximum atomic E-state index is 13.4. The van der Waals surface area contributed by atoms with E-state index >= 15 is 0 Å². The van der Waals surface area contributed by atoms with E-state index in [0.29, 0.717) is 5.02 Å². The Hall–Kier alpha value is -3.85. The number of hydrazine groups is 1. The summed E-state index contributed by atoms with van der Waals surface area (Å²) in [6.45, 7) is -0.558. The molecule has 0 radical (unpaired) electrons. The molecule has 2 bridgehead atoms. The Morgan fingerprint density at radius 1 is 0.941 bits per heavy atom. The van der Waals surface area contributed by atoms with Crippen LogP contribution in [0.3, 0.4) is 0 Å². The molecule has 0 N–H and O–H groups in total. The van der Waals surface area contributed by atoms with Gasteiger partial charge in [0.05, 0.1) is 16.8 Å². The van der Waals surface area contributed by atoms with Crippen molar-refractivity contribution in [3.05, 3.63) is 86.9 Å². The summed E-state index contributed by atoms with van der Waals surface area (Å²) in [4.78, 5) is 63.5. The van der Waals surface area contributed by atoms with E-state index in [1.54, 1.807) is 0 Å². The van der Waals surface area contributed by atoms with E-state index in [2.05, 4.69) is 0 Å². The molecule has 172 valence electrons. The van der Waals surface area contributed by atoms with Gasteiger partial charge < -0.3 is 0 Å². The number of nitro groups is 1. The zero-order valence-electron chi connectivity index (χ0n) is 17.7. The van der Waals surface area contributed by atoms with Gasteiger partial charge in [-0.25, -0.2) is 5.01 Å². The van der Waals surface area contributed by atoms with Gasteiger partial charge in [0.2, 0.25) is 0 Å². The normalized spacial score (nSPS) is 24.4. The molecule has 0 unspecified atom stereocenters. The molecule has 34 heavy (non-hydrogen) atoms. The average molecular weight is 480 g/mol. The van der Waals surface area contributed by atoms with Crippen molar-refractivity contribution in [2.24, 2.45) is 23.7 Å². The number of benzene rings is 2. The van der Waals surface area contributed by atoms with Crippen LogP contribution < -0.4 is 0 Å². The first-order valence-electron chi connectivity index (χ1n) is 10.7. The van der Waals surface area contributed by atoms with Crippen molar-refractivity contribution in [1.29, 1.82) is 0 Å². The van der Waals surface area contributed by atoms with Gasteiger partial charge in [0, 0.05) is 28.3 Å². The number of ketones is 1. The molecular formula is C24H18ClN3O6. The molecule has 4 atom stereocenters. The minimum atomic E-state index is -0.779. The number of carbonyl (C=O) groups is 4. The predicted octanol–water partition coefficient (Wildman–Crippen LogP) is 3.30. The summed E-state index contributed by atoms with van der Waals surface area (Å²) in [6.07, 6.45) is 4.59. The Labute approximate surface area is 198 Å². The van der Waals surface area contributed by atoms with Gasteiger partial charge in [-0.3, -0.25) is 29.3 Å². The number of nitro benzene ring substituents is 1. The van der Waals surface area contributed by atoms with Crippen LogP contribution in [0.4, 0.5) is 5.69 Å². The van der Waals surface area contributed by atoms with Gasteiger partial charge in [0.25, 0.3) is 23.4 Å². The molecule has 5 rings (SSSR count). The SMILES string of the molecule is O=C(CN(C(=O)c1ccc([N+](=O)[O-])cc1)N1C(=O)[C@H]2[C@H](C1=O)[C@H]1C=C[C@H]2C1)c1ccc(Cl)cc1. The van der Waals surface area contributed by atoms with E-state index in [9.17, 15) is 29.3 Å². The Morgan fingerprint density at radius 3 is 2.00 bits per heavy atom. The highest BCUT2D eigenvalue weighted by molar-refractivity contribution is 6.30. The molecule has 0 aromatic heterocycles. The first kappa shape index (κ1) is 22.0. The fourth-order valence-corrected chi connectivity index (χ4v) is 5.22. The summed E-state index contributed by atoms with van der Waals surface area (Å²) in [5.74, 6) is -3.54. The predicted molar refractivity (Wildman–Crippen MR) is 119 cm³/mol. The number of Topliss-reactive ketones (excluding diaryl/α,β-unsaturated/α-hetero) is 1. The standard InChI is InChI=1S/C24H18ClN3O6/c25-17-7-3-13(4-8-17)19(29)12-26(22(30)14-5-9-18(10-6-14)28(33)34)27-23(31)20-15-1-2-16(11-15)21(20)24(27)32/h1-10,15-16,20-21H,11-12H2/t15-,16-,20+,21+/m0/s1. The van der Waals surface area contributed by atoms with Crippen LogP contribution in [0.5, 0.6) is 0 Å². The number of carbonyl (C=O) groups excluding carboxylic acids is 4. The van der Waals surface area contributed by atoms with E-state index in [-0.39, 0.29) is 28.7 Å². The molecule has 10 heteroatoms. The van der Waals surface area contributed by atoms with E-state index < -0.39 is 46.8 Å². The van der Waals surface area contributed by atoms with E-state index in [4.69, 9.17) is 11.6 Å². The summed E-state index contributed by atoms with van der Waals surface area (Å²) < 4.78 is 0. The first-order chi connectivity index (χ1) is 16.3. The second-order valence-corrected chi connectivity index (χ2v) is 9.02. The van der Waals surface area contributed by atoms with Gasteiger partial charge in [-0.1, -0.05) is 23.8 Å². The topological polar surface area (TPSA) is 118 Å². The van der Waals surface area contributed by atoms with Gasteiger partial charge in [0.15, 0.2) is 5.78 Å². The molecule has 1 aliphatic heterocycles. The quantitative estimate of drug-likeness (QED) is 0.206. The fourth-order valence-electron chi connectivity index (χ4n) is 5.10. The Kier molecular flexibility index (Phi) is 5.28. The van der Waals surface area contributed by atoms with Crippen LogP contribution in [0.2, 0.25) is 5.02 Å². The van der Waals surface area contributed by atoms with Gasteiger partial charge >= 0.3 is 0 Å². The summed E-state index contributed by atoms with van der Waals surface area (Å²) in [5.41, 5.74) is 0.0473. The van der Waals surface area contributed by atoms with Crippen LogP contribution in [0.1, 0.15) is 27.1 Å². The number of non-ortho nitro benzene ring substituents is 1. The van der Waals surface area contributed by atoms with Crippen molar-refractivity contribution >= 4 is 40.8 Å². The van der Waals surface area contributed by atoms with Crippen molar-refractivity contribution in [3.8, 4) is 0 Å². The molecule has 3 aliphatic rings.